The Labute approximate surface area is 128 Å². The summed E-state index contributed by atoms with van der Waals surface area (Å²) < 4.78 is 13.1. The van der Waals surface area contributed by atoms with Crippen LogP contribution >= 0.6 is 0 Å². The molecule has 1 N–H and O–H groups in total. The first-order chi connectivity index (χ1) is 10.0. The van der Waals surface area contributed by atoms with Crippen molar-refractivity contribution in [1.82, 2.24) is 10.2 Å². The van der Waals surface area contributed by atoms with Crippen molar-refractivity contribution < 1.29 is 4.39 Å². The van der Waals surface area contributed by atoms with Crippen molar-refractivity contribution >= 4 is 0 Å². The standard InChI is InChI=1S/C18H29FN2/c1-5-11-20-18-10-12-21(14(3)13(18)2)15(4)16-6-8-17(19)9-7-16/h6-9,13-15,18,20H,5,10-12H2,1-4H3. The summed E-state index contributed by atoms with van der Waals surface area (Å²) in [6.45, 7) is 11.3. The first-order valence-corrected chi connectivity index (χ1v) is 8.29. The van der Waals surface area contributed by atoms with Gasteiger partial charge >= 0.3 is 0 Å². The third kappa shape index (κ3) is 3.83. The summed E-state index contributed by atoms with van der Waals surface area (Å²) in [5, 5.41) is 3.68. The van der Waals surface area contributed by atoms with Gasteiger partial charge in [-0.3, -0.25) is 4.90 Å². The summed E-state index contributed by atoms with van der Waals surface area (Å²) in [6, 6.07) is 8.46. The summed E-state index contributed by atoms with van der Waals surface area (Å²) in [4.78, 5) is 2.56. The maximum atomic E-state index is 13.1. The van der Waals surface area contributed by atoms with Crippen molar-refractivity contribution in [3.63, 3.8) is 0 Å². The highest BCUT2D eigenvalue weighted by Gasteiger charge is 2.34. The van der Waals surface area contributed by atoms with Crippen LogP contribution in [-0.4, -0.2) is 30.1 Å². The summed E-state index contributed by atoms with van der Waals surface area (Å²) in [7, 11) is 0. The van der Waals surface area contributed by atoms with Gasteiger partial charge in [-0.25, -0.2) is 4.39 Å². The molecule has 0 spiro atoms. The highest BCUT2D eigenvalue weighted by Crippen LogP contribution is 2.31. The van der Waals surface area contributed by atoms with Gasteiger partial charge in [-0.05, 0) is 56.8 Å². The number of hydrogen-bond donors (Lipinski definition) is 1. The van der Waals surface area contributed by atoms with Crippen molar-refractivity contribution in [3.05, 3.63) is 35.6 Å². The fourth-order valence-corrected chi connectivity index (χ4v) is 3.49. The van der Waals surface area contributed by atoms with Crippen molar-refractivity contribution in [2.75, 3.05) is 13.1 Å². The van der Waals surface area contributed by atoms with E-state index in [4.69, 9.17) is 0 Å². The van der Waals surface area contributed by atoms with Crippen LogP contribution in [0.5, 0.6) is 0 Å². The first-order valence-electron chi connectivity index (χ1n) is 8.29. The molecule has 1 heterocycles. The molecule has 118 valence electrons. The molecule has 0 saturated carbocycles. The largest absolute Gasteiger partial charge is 0.314 e. The minimum Gasteiger partial charge on any atom is -0.314 e. The lowest BCUT2D eigenvalue weighted by Crippen LogP contribution is -2.53. The number of benzene rings is 1. The number of halogens is 1. The molecule has 0 amide bonds. The van der Waals surface area contributed by atoms with Gasteiger partial charge in [0.15, 0.2) is 0 Å². The van der Waals surface area contributed by atoms with Crippen LogP contribution in [-0.2, 0) is 0 Å². The van der Waals surface area contributed by atoms with E-state index in [1.165, 1.54) is 18.4 Å². The van der Waals surface area contributed by atoms with Gasteiger partial charge in [-0.1, -0.05) is 26.0 Å². The molecule has 2 nitrogen and oxygen atoms in total. The molecule has 1 aliphatic rings. The van der Waals surface area contributed by atoms with Crippen LogP contribution < -0.4 is 5.32 Å². The molecule has 1 saturated heterocycles. The van der Waals surface area contributed by atoms with Crippen LogP contribution in [0.1, 0.15) is 52.1 Å². The highest BCUT2D eigenvalue weighted by atomic mass is 19.1. The van der Waals surface area contributed by atoms with E-state index >= 15 is 0 Å². The summed E-state index contributed by atoms with van der Waals surface area (Å²) >= 11 is 0. The summed E-state index contributed by atoms with van der Waals surface area (Å²) in [5.74, 6) is 0.475. The third-order valence-electron chi connectivity index (χ3n) is 5.12. The number of nitrogens with zero attached hydrogens (tertiary/aromatic N) is 1. The lowest BCUT2D eigenvalue weighted by Gasteiger charge is -2.46. The van der Waals surface area contributed by atoms with E-state index in [1.54, 1.807) is 12.1 Å². The highest BCUT2D eigenvalue weighted by molar-refractivity contribution is 5.20. The summed E-state index contributed by atoms with van der Waals surface area (Å²) in [6.07, 6.45) is 2.38. The quantitative estimate of drug-likeness (QED) is 0.883. The fraction of sp³-hybridized carbons (Fsp3) is 0.667. The minimum atomic E-state index is -0.158. The number of hydrogen-bond acceptors (Lipinski definition) is 2. The molecular weight excluding hydrogens is 263 g/mol. The lowest BCUT2D eigenvalue weighted by molar-refractivity contribution is 0.0524. The lowest BCUT2D eigenvalue weighted by atomic mass is 9.85. The van der Waals surface area contributed by atoms with Crippen LogP contribution in [0.2, 0.25) is 0 Å². The molecule has 3 heteroatoms. The van der Waals surface area contributed by atoms with Gasteiger partial charge in [0.05, 0.1) is 0 Å². The molecule has 0 aromatic heterocycles. The van der Waals surface area contributed by atoms with Gasteiger partial charge < -0.3 is 5.32 Å². The fourth-order valence-electron chi connectivity index (χ4n) is 3.49. The van der Waals surface area contributed by atoms with E-state index in [0.717, 1.165) is 13.1 Å². The van der Waals surface area contributed by atoms with Crippen molar-refractivity contribution in [2.45, 2.75) is 58.7 Å². The molecule has 1 aromatic rings. The molecule has 4 unspecified atom stereocenters. The van der Waals surface area contributed by atoms with Gasteiger partial charge in [-0.15, -0.1) is 0 Å². The maximum Gasteiger partial charge on any atom is 0.123 e. The smallest absolute Gasteiger partial charge is 0.123 e. The van der Waals surface area contributed by atoms with Crippen molar-refractivity contribution in [3.8, 4) is 0 Å². The molecule has 1 aliphatic heterocycles. The van der Waals surface area contributed by atoms with Crippen molar-refractivity contribution in [2.24, 2.45) is 5.92 Å². The van der Waals surface area contributed by atoms with Crippen LogP contribution in [0.25, 0.3) is 0 Å². The second kappa shape index (κ2) is 7.37. The zero-order valence-corrected chi connectivity index (χ0v) is 13.8. The van der Waals surface area contributed by atoms with Gasteiger partial charge in [-0.2, -0.15) is 0 Å². The predicted molar refractivity (Wildman–Crippen MR) is 86.8 cm³/mol. The van der Waals surface area contributed by atoms with Gasteiger partial charge in [0, 0.05) is 24.7 Å². The monoisotopic (exact) mass is 292 g/mol. The number of rotatable bonds is 5. The van der Waals surface area contributed by atoms with E-state index in [9.17, 15) is 4.39 Å². The molecule has 4 atom stereocenters. The van der Waals surface area contributed by atoms with Crippen molar-refractivity contribution in [1.29, 1.82) is 0 Å². The zero-order chi connectivity index (χ0) is 15.4. The third-order valence-corrected chi connectivity index (χ3v) is 5.12. The Morgan fingerprint density at radius 3 is 2.57 bits per heavy atom. The molecule has 0 aliphatic carbocycles. The molecule has 0 radical (unpaired) electrons. The minimum absolute atomic E-state index is 0.158. The molecule has 0 bridgehead atoms. The number of nitrogens with one attached hydrogen (secondary N) is 1. The maximum absolute atomic E-state index is 13.1. The average Bonchev–Trinajstić information content (AvgIpc) is 2.49. The molecular formula is C18H29FN2. The normalized spacial score (nSPS) is 28.5. The van der Waals surface area contributed by atoms with Crippen LogP contribution in [0.4, 0.5) is 4.39 Å². The van der Waals surface area contributed by atoms with Crippen LogP contribution in [0.3, 0.4) is 0 Å². The Morgan fingerprint density at radius 2 is 1.95 bits per heavy atom. The molecule has 21 heavy (non-hydrogen) atoms. The summed E-state index contributed by atoms with van der Waals surface area (Å²) in [5.41, 5.74) is 1.20. The van der Waals surface area contributed by atoms with E-state index in [-0.39, 0.29) is 5.82 Å². The Bertz CT molecular complexity index is 431. The van der Waals surface area contributed by atoms with E-state index < -0.39 is 0 Å². The number of piperidine rings is 1. The molecule has 1 fully saturated rings. The Balaban J connectivity index is 2.02. The Kier molecular flexibility index (Phi) is 5.77. The second-order valence-corrected chi connectivity index (χ2v) is 6.41. The second-order valence-electron chi connectivity index (χ2n) is 6.41. The average molecular weight is 292 g/mol. The number of likely N-dealkylation sites (tertiary alicyclic amines) is 1. The topological polar surface area (TPSA) is 15.3 Å². The predicted octanol–water partition coefficient (Wildman–Crippen LogP) is 3.99. The van der Waals surface area contributed by atoms with Gasteiger partial charge in [0.25, 0.3) is 0 Å². The Hall–Kier alpha value is -0.930. The Morgan fingerprint density at radius 1 is 1.29 bits per heavy atom. The van der Waals surface area contributed by atoms with Crippen LogP contribution in [0, 0.1) is 11.7 Å². The molecule has 2 rings (SSSR count). The zero-order valence-electron chi connectivity index (χ0n) is 13.8. The van der Waals surface area contributed by atoms with E-state index in [0.29, 0.717) is 24.0 Å². The first kappa shape index (κ1) is 16.4. The molecule has 1 aromatic carbocycles. The van der Waals surface area contributed by atoms with Crippen LogP contribution in [0.15, 0.2) is 24.3 Å². The van der Waals surface area contributed by atoms with E-state index in [1.807, 2.05) is 12.1 Å². The van der Waals surface area contributed by atoms with Gasteiger partial charge in [0.2, 0.25) is 0 Å². The van der Waals surface area contributed by atoms with Gasteiger partial charge in [0.1, 0.15) is 5.82 Å². The van der Waals surface area contributed by atoms with E-state index in [2.05, 4.69) is 37.9 Å². The SMILES string of the molecule is CCCNC1CCN(C(C)c2ccc(F)cc2)C(C)C1C.